The second-order valence-electron chi connectivity index (χ2n) is 7.63. The molecule has 0 saturated carbocycles. The molecule has 4 aromatic rings. The van der Waals surface area contributed by atoms with Crippen LogP contribution in [0.4, 0.5) is 10.9 Å². The van der Waals surface area contributed by atoms with Gasteiger partial charge in [-0.15, -0.1) is 0 Å². The van der Waals surface area contributed by atoms with Crippen molar-refractivity contribution in [3.63, 3.8) is 0 Å². The van der Waals surface area contributed by atoms with E-state index in [1.807, 2.05) is 9.30 Å². The Balaban J connectivity index is 1.26. The molecule has 12 heteroatoms. The molecule has 32 heavy (non-hydrogen) atoms. The second kappa shape index (κ2) is 7.14. The van der Waals surface area contributed by atoms with Crippen molar-refractivity contribution in [2.75, 3.05) is 18.5 Å². The van der Waals surface area contributed by atoms with Crippen LogP contribution >= 0.6 is 11.3 Å². The van der Waals surface area contributed by atoms with Crippen LogP contribution in [0.15, 0.2) is 41.5 Å². The maximum Gasteiger partial charge on any atom is 0.284 e. The maximum atomic E-state index is 12.9. The number of fused-ring (bicyclic) bond motifs is 3. The number of nitrogens with two attached hydrogens (primary N) is 1. The quantitative estimate of drug-likeness (QED) is 0.469. The fourth-order valence-corrected chi connectivity index (χ4v) is 4.91. The Kier molecular flexibility index (Phi) is 4.23. The number of carbonyl (C=O) groups excluding carboxylic acids is 2. The zero-order chi connectivity index (χ0) is 21.8. The number of rotatable bonds is 5. The zero-order valence-electron chi connectivity index (χ0n) is 16.6. The number of thiazole rings is 1. The van der Waals surface area contributed by atoms with Crippen LogP contribution in [-0.4, -0.2) is 61.4 Å². The van der Waals surface area contributed by atoms with Gasteiger partial charge in [-0.05, 0) is 12.5 Å². The highest BCUT2D eigenvalue weighted by atomic mass is 32.1. The second-order valence-corrected chi connectivity index (χ2v) is 8.66. The summed E-state index contributed by atoms with van der Waals surface area (Å²) < 4.78 is 12.6. The number of hydrogen-bond donors (Lipinski definition) is 2. The molecule has 0 radical (unpaired) electrons. The van der Waals surface area contributed by atoms with Crippen LogP contribution in [0.2, 0.25) is 0 Å². The van der Waals surface area contributed by atoms with E-state index in [0.29, 0.717) is 45.9 Å². The Bertz CT molecular complexity index is 1360. The largest absolute Gasteiger partial charge is 0.458 e. The zero-order valence-corrected chi connectivity index (χ0v) is 17.4. The van der Waals surface area contributed by atoms with E-state index < -0.39 is 5.91 Å². The van der Waals surface area contributed by atoms with E-state index in [2.05, 4.69) is 20.3 Å². The van der Waals surface area contributed by atoms with Gasteiger partial charge in [-0.3, -0.25) is 14.0 Å². The number of hydrogen-bond acceptors (Lipinski definition) is 9. The third kappa shape index (κ3) is 3.03. The molecule has 2 saturated heterocycles. The van der Waals surface area contributed by atoms with Gasteiger partial charge in [-0.1, -0.05) is 11.3 Å². The van der Waals surface area contributed by atoms with E-state index in [4.69, 9.17) is 14.9 Å². The molecule has 2 fully saturated rings. The number of morpholine rings is 1. The van der Waals surface area contributed by atoms with Crippen LogP contribution in [0, 0.1) is 0 Å². The van der Waals surface area contributed by atoms with Gasteiger partial charge in [0.1, 0.15) is 11.1 Å². The molecule has 162 valence electrons. The van der Waals surface area contributed by atoms with Gasteiger partial charge in [0.15, 0.2) is 22.4 Å². The summed E-state index contributed by atoms with van der Waals surface area (Å²) in [7, 11) is 0. The molecule has 2 aliphatic heterocycles. The normalized spacial score (nSPS) is 19.7. The fraction of sp³-hybridized carbons (Fsp3) is 0.250. The number of furan rings is 1. The lowest BCUT2D eigenvalue weighted by Gasteiger charge is -2.26. The van der Waals surface area contributed by atoms with Gasteiger partial charge < -0.3 is 25.1 Å². The number of aromatic nitrogens is 4. The van der Waals surface area contributed by atoms with Gasteiger partial charge in [0, 0.05) is 24.5 Å². The Labute approximate surface area is 184 Å². The number of nitrogens with one attached hydrogen (secondary N) is 1. The molecule has 0 aliphatic carbocycles. The predicted octanol–water partition coefficient (Wildman–Crippen LogP) is 1.90. The van der Waals surface area contributed by atoms with Gasteiger partial charge in [-0.2, -0.15) is 0 Å². The van der Waals surface area contributed by atoms with Crippen LogP contribution in [-0.2, 0) is 4.74 Å². The van der Waals surface area contributed by atoms with Crippen molar-refractivity contribution in [1.82, 2.24) is 24.3 Å². The van der Waals surface area contributed by atoms with E-state index >= 15 is 0 Å². The van der Waals surface area contributed by atoms with Crippen LogP contribution in [0.1, 0.15) is 26.6 Å². The maximum absolute atomic E-state index is 12.9. The molecule has 2 aliphatic rings. The van der Waals surface area contributed by atoms with Crippen molar-refractivity contribution in [2.45, 2.75) is 18.6 Å². The van der Waals surface area contributed by atoms with Crippen molar-refractivity contribution in [3.8, 4) is 11.3 Å². The van der Waals surface area contributed by atoms with Gasteiger partial charge in [0.05, 0.1) is 36.8 Å². The highest BCUT2D eigenvalue weighted by Gasteiger charge is 2.42. The first-order valence-corrected chi connectivity index (χ1v) is 10.7. The van der Waals surface area contributed by atoms with E-state index in [9.17, 15) is 9.59 Å². The van der Waals surface area contributed by atoms with Crippen molar-refractivity contribution >= 4 is 39.7 Å². The molecule has 2 amide bonds. The van der Waals surface area contributed by atoms with Crippen molar-refractivity contribution < 1.29 is 18.7 Å². The number of imidazole rings is 1. The SMILES string of the molecule is NC(=O)c1cc(-c2cnc(Nc3ncc(C(=O)N4CC5CC4CO5)s3)c3nccn23)co1. The fourth-order valence-electron chi connectivity index (χ4n) is 4.14. The van der Waals surface area contributed by atoms with E-state index in [-0.39, 0.29) is 23.8 Å². The first-order chi connectivity index (χ1) is 15.6. The molecule has 2 atom stereocenters. The molecule has 6 heterocycles. The summed E-state index contributed by atoms with van der Waals surface area (Å²) >= 11 is 1.27. The van der Waals surface area contributed by atoms with Gasteiger partial charge in [0.25, 0.3) is 11.8 Å². The number of primary amides is 1. The van der Waals surface area contributed by atoms with Crippen LogP contribution in [0.5, 0.6) is 0 Å². The Morgan fingerprint density at radius 1 is 1.25 bits per heavy atom. The first kappa shape index (κ1) is 19.0. The first-order valence-electron chi connectivity index (χ1n) is 9.93. The summed E-state index contributed by atoms with van der Waals surface area (Å²) in [5.41, 5.74) is 7.16. The highest BCUT2D eigenvalue weighted by molar-refractivity contribution is 7.17. The number of carbonyl (C=O) groups is 2. The van der Waals surface area contributed by atoms with Gasteiger partial charge >= 0.3 is 0 Å². The summed E-state index contributed by atoms with van der Waals surface area (Å²) in [6.07, 6.45) is 9.13. The van der Waals surface area contributed by atoms with Gasteiger partial charge in [0.2, 0.25) is 0 Å². The van der Waals surface area contributed by atoms with E-state index in [1.165, 1.54) is 17.6 Å². The molecule has 2 bridgehead atoms. The minimum Gasteiger partial charge on any atom is -0.458 e. The summed E-state index contributed by atoms with van der Waals surface area (Å²) in [6, 6.07) is 1.71. The topological polar surface area (TPSA) is 141 Å². The predicted molar refractivity (Wildman–Crippen MR) is 114 cm³/mol. The Morgan fingerprint density at radius 2 is 2.16 bits per heavy atom. The summed E-state index contributed by atoms with van der Waals surface area (Å²) in [5, 5.41) is 3.70. The lowest BCUT2D eigenvalue weighted by atomic mass is 10.2. The highest BCUT2D eigenvalue weighted by Crippen LogP contribution is 2.32. The van der Waals surface area contributed by atoms with Crippen LogP contribution in [0.25, 0.3) is 16.9 Å². The molecule has 6 rings (SSSR count). The number of ether oxygens (including phenoxy) is 1. The van der Waals surface area contributed by atoms with Crippen LogP contribution in [0.3, 0.4) is 0 Å². The molecule has 2 unspecified atom stereocenters. The monoisotopic (exact) mass is 451 g/mol. The lowest BCUT2D eigenvalue weighted by Crippen LogP contribution is -2.41. The molecule has 3 N–H and O–H groups in total. The summed E-state index contributed by atoms with van der Waals surface area (Å²) in [4.78, 5) is 39.8. The van der Waals surface area contributed by atoms with Crippen molar-refractivity contribution in [2.24, 2.45) is 5.73 Å². The molecular formula is C20H17N7O4S. The van der Waals surface area contributed by atoms with Crippen LogP contribution < -0.4 is 11.1 Å². The van der Waals surface area contributed by atoms with E-state index in [0.717, 1.165) is 6.42 Å². The molecule has 4 aromatic heterocycles. The summed E-state index contributed by atoms with van der Waals surface area (Å²) in [5.74, 6) is -0.119. The number of amides is 2. The number of anilines is 2. The number of nitrogens with zero attached hydrogens (tertiary/aromatic N) is 5. The molecule has 0 spiro atoms. The lowest BCUT2D eigenvalue weighted by molar-refractivity contribution is 0.0262. The smallest absolute Gasteiger partial charge is 0.284 e. The van der Waals surface area contributed by atoms with Crippen molar-refractivity contribution in [1.29, 1.82) is 0 Å². The van der Waals surface area contributed by atoms with E-state index in [1.54, 1.807) is 30.9 Å². The average Bonchev–Trinajstić information content (AvgIpc) is 3.61. The van der Waals surface area contributed by atoms with Gasteiger partial charge in [-0.25, -0.2) is 15.0 Å². The average molecular weight is 451 g/mol. The Hall–Kier alpha value is -3.77. The standard InChI is InChI=1S/C20H17N7O4S/c21-16(28)14-3-10(8-31-14)13-5-23-17(18-22-1-2-26(13)18)25-20-24-6-15(32-20)19(29)27-7-12-4-11(27)9-30-12/h1-3,5-6,8,11-12H,4,7,9H2,(H2,21,28)(H,23,24,25). The minimum absolute atomic E-state index is 0.0224. The minimum atomic E-state index is -0.646. The molecular weight excluding hydrogens is 434 g/mol. The van der Waals surface area contributed by atoms with Crippen molar-refractivity contribution in [3.05, 3.63) is 47.8 Å². The Morgan fingerprint density at radius 3 is 2.91 bits per heavy atom. The molecule has 11 nitrogen and oxygen atoms in total. The third-order valence-corrected chi connectivity index (χ3v) is 6.57. The third-order valence-electron chi connectivity index (χ3n) is 5.67. The summed E-state index contributed by atoms with van der Waals surface area (Å²) in [6.45, 7) is 1.24. The number of likely N-dealkylation sites (tertiary alicyclic amines) is 1. The molecule has 0 aromatic carbocycles.